The molecule has 0 radical (unpaired) electrons. The number of nitrogens with zero attached hydrogens (tertiary/aromatic N) is 4. The molecule has 1 aromatic heterocycles. The summed E-state index contributed by atoms with van der Waals surface area (Å²) in [6, 6.07) is 7.55. The van der Waals surface area contributed by atoms with Crippen LogP contribution in [0, 0.1) is 11.3 Å². The highest BCUT2D eigenvalue weighted by atomic mass is 35.5. The zero-order valence-electron chi connectivity index (χ0n) is 12.9. The number of benzene rings is 1. The monoisotopic (exact) mass is 328 g/mol. The molecule has 1 aliphatic heterocycles. The van der Waals surface area contributed by atoms with E-state index in [1.54, 1.807) is 31.4 Å². The standard InChI is InChI=1S/C17H17ClN4O/c1-23-15-7-6-14(18)10-12(15)9-13(11-19)17-21-20-16-5-3-2-4-8-22(16)17/h6-7,9-10H,2-5,8H2,1H3/b13-9-. The molecular weight excluding hydrogens is 312 g/mol. The number of halogens is 1. The number of hydrogen-bond donors (Lipinski definition) is 0. The Morgan fingerprint density at radius 3 is 3.00 bits per heavy atom. The Bertz CT molecular complexity index is 788. The van der Waals surface area contributed by atoms with E-state index < -0.39 is 0 Å². The van der Waals surface area contributed by atoms with Crippen molar-refractivity contribution >= 4 is 23.3 Å². The van der Waals surface area contributed by atoms with Gasteiger partial charge >= 0.3 is 0 Å². The van der Waals surface area contributed by atoms with E-state index in [4.69, 9.17) is 16.3 Å². The quantitative estimate of drug-likeness (QED) is 0.805. The molecular formula is C17H17ClN4O. The number of ether oxygens (including phenoxy) is 1. The summed E-state index contributed by atoms with van der Waals surface area (Å²) in [5.41, 5.74) is 1.22. The highest BCUT2D eigenvalue weighted by Crippen LogP contribution is 2.27. The molecule has 118 valence electrons. The lowest BCUT2D eigenvalue weighted by molar-refractivity contribution is 0.414. The molecule has 0 bridgehead atoms. The lowest BCUT2D eigenvalue weighted by Crippen LogP contribution is -2.05. The zero-order valence-corrected chi connectivity index (χ0v) is 13.7. The van der Waals surface area contributed by atoms with Gasteiger partial charge in [0.25, 0.3) is 0 Å². The predicted molar refractivity (Wildman–Crippen MR) is 89.1 cm³/mol. The van der Waals surface area contributed by atoms with Gasteiger partial charge in [0.05, 0.1) is 12.7 Å². The van der Waals surface area contributed by atoms with Gasteiger partial charge < -0.3 is 9.30 Å². The second kappa shape index (κ2) is 6.84. The molecule has 0 saturated heterocycles. The summed E-state index contributed by atoms with van der Waals surface area (Å²) in [6.07, 6.45) is 6.04. The number of aryl methyl sites for hydroxylation is 1. The van der Waals surface area contributed by atoms with Gasteiger partial charge in [0, 0.05) is 23.6 Å². The molecule has 0 amide bonds. The van der Waals surface area contributed by atoms with E-state index in [9.17, 15) is 5.26 Å². The minimum absolute atomic E-state index is 0.464. The third-order valence-electron chi connectivity index (χ3n) is 3.96. The van der Waals surface area contributed by atoms with E-state index in [-0.39, 0.29) is 0 Å². The molecule has 1 aromatic carbocycles. The zero-order chi connectivity index (χ0) is 16.2. The molecule has 0 spiro atoms. The van der Waals surface area contributed by atoms with E-state index in [2.05, 4.69) is 20.8 Å². The fourth-order valence-corrected chi connectivity index (χ4v) is 2.99. The maximum atomic E-state index is 9.59. The third kappa shape index (κ3) is 3.22. The molecule has 6 heteroatoms. The van der Waals surface area contributed by atoms with Crippen molar-refractivity contribution in [1.82, 2.24) is 14.8 Å². The van der Waals surface area contributed by atoms with Crippen LogP contribution < -0.4 is 4.74 Å². The smallest absolute Gasteiger partial charge is 0.174 e. The Kier molecular flexibility index (Phi) is 4.63. The number of allylic oxidation sites excluding steroid dienone is 1. The SMILES string of the molecule is COc1ccc(Cl)cc1/C=C(/C#N)c1nnc2n1CCCCC2. The summed E-state index contributed by atoms with van der Waals surface area (Å²) < 4.78 is 7.39. The first-order valence-electron chi connectivity index (χ1n) is 7.60. The van der Waals surface area contributed by atoms with Crippen LogP contribution >= 0.6 is 11.6 Å². The van der Waals surface area contributed by atoms with Crippen LogP contribution in [-0.4, -0.2) is 21.9 Å². The van der Waals surface area contributed by atoms with Gasteiger partial charge in [-0.3, -0.25) is 0 Å². The minimum Gasteiger partial charge on any atom is -0.496 e. The molecule has 0 unspecified atom stereocenters. The minimum atomic E-state index is 0.464. The maximum Gasteiger partial charge on any atom is 0.174 e. The van der Waals surface area contributed by atoms with Gasteiger partial charge in [0.2, 0.25) is 0 Å². The molecule has 0 aliphatic carbocycles. The molecule has 23 heavy (non-hydrogen) atoms. The first-order chi connectivity index (χ1) is 11.2. The number of rotatable bonds is 3. The Morgan fingerprint density at radius 2 is 2.22 bits per heavy atom. The van der Waals surface area contributed by atoms with Crippen LogP contribution in [0.2, 0.25) is 5.02 Å². The highest BCUT2D eigenvalue weighted by Gasteiger charge is 2.18. The highest BCUT2D eigenvalue weighted by molar-refractivity contribution is 6.30. The summed E-state index contributed by atoms with van der Waals surface area (Å²) in [5.74, 6) is 2.24. The molecule has 1 aliphatic rings. The summed E-state index contributed by atoms with van der Waals surface area (Å²) in [5, 5.41) is 18.7. The van der Waals surface area contributed by atoms with Crippen molar-refractivity contribution in [3.8, 4) is 11.8 Å². The fourth-order valence-electron chi connectivity index (χ4n) is 2.80. The molecule has 5 nitrogen and oxygen atoms in total. The molecule has 0 N–H and O–H groups in total. The maximum absolute atomic E-state index is 9.59. The van der Waals surface area contributed by atoms with Crippen molar-refractivity contribution < 1.29 is 4.74 Å². The molecule has 2 aromatic rings. The van der Waals surface area contributed by atoms with E-state index in [1.807, 2.05) is 0 Å². The van der Waals surface area contributed by atoms with Gasteiger partial charge in [0.1, 0.15) is 17.6 Å². The van der Waals surface area contributed by atoms with Crippen LogP contribution in [0.25, 0.3) is 11.6 Å². The van der Waals surface area contributed by atoms with Crippen LogP contribution in [0.5, 0.6) is 5.75 Å². The number of nitriles is 1. The van der Waals surface area contributed by atoms with Gasteiger partial charge in [-0.15, -0.1) is 10.2 Å². The van der Waals surface area contributed by atoms with E-state index in [0.717, 1.165) is 37.2 Å². The summed E-state index contributed by atoms with van der Waals surface area (Å²) in [4.78, 5) is 0. The van der Waals surface area contributed by atoms with Crippen LogP contribution in [0.1, 0.15) is 36.5 Å². The number of aromatic nitrogens is 3. The van der Waals surface area contributed by atoms with E-state index >= 15 is 0 Å². The summed E-state index contributed by atoms with van der Waals surface area (Å²) >= 11 is 6.06. The Hall–Kier alpha value is -2.32. The van der Waals surface area contributed by atoms with Crippen molar-refractivity contribution in [2.75, 3.05) is 7.11 Å². The lowest BCUT2D eigenvalue weighted by Gasteiger charge is -2.08. The average Bonchev–Trinajstić information content (AvgIpc) is 2.81. The first kappa shape index (κ1) is 15.6. The predicted octanol–water partition coefficient (Wildman–Crippen LogP) is 3.73. The lowest BCUT2D eigenvalue weighted by atomic mass is 10.1. The van der Waals surface area contributed by atoms with Crippen molar-refractivity contribution in [2.24, 2.45) is 0 Å². The Balaban J connectivity index is 2.06. The molecule has 2 heterocycles. The fraction of sp³-hybridized carbons (Fsp3) is 0.353. The van der Waals surface area contributed by atoms with E-state index in [0.29, 0.717) is 22.2 Å². The number of fused-ring (bicyclic) bond motifs is 1. The van der Waals surface area contributed by atoms with E-state index in [1.165, 1.54) is 6.42 Å². The molecule has 3 rings (SSSR count). The van der Waals surface area contributed by atoms with Gasteiger partial charge in [-0.25, -0.2) is 0 Å². The van der Waals surface area contributed by atoms with Crippen molar-refractivity contribution in [2.45, 2.75) is 32.2 Å². The second-order valence-corrected chi connectivity index (χ2v) is 5.89. The third-order valence-corrected chi connectivity index (χ3v) is 4.20. The molecule has 0 saturated carbocycles. The Morgan fingerprint density at radius 1 is 1.35 bits per heavy atom. The van der Waals surface area contributed by atoms with Crippen LogP contribution in [0.4, 0.5) is 0 Å². The summed E-state index contributed by atoms with van der Waals surface area (Å²) in [6.45, 7) is 0.851. The number of methoxy groups -OCH3 is 1. The van der Waals surface area contributed by atoms with Crippen molar-refractivity contribution in [3.05, 3.63) is 40.4 Å². The van der Waals surface area contributed by atoms with Crippen LogP contribution in [0.15, 0.2) is 18.2 Å². The normalized spacial score (nSPS) is 14.7. The van der Waals surface area contributed by atoms with Crippen molar-refractivity contribution in [3.63, 3.8) is 0 Å². The van der Waals surface area contributed by atoms with Gasteiger partial charge in [-0.05, 0) is 37.1 Å². The van der Waals surface area contributed by atoms with Gasteiger partial charge in [0.15, 0.2) is 5.82 Å². The van der Waals surface area contributed by atoms with Crippen LogP contribution in [0.3, 0.4) is 0 Å². The largest absolute Gasteiger partial charge is 0.496 e. The molecule has 0 fully saturated rings. The topological polar surface area (TPSA) is 63.7 Å². The second-order valence-electron chi connectivity index (χ2n) is 5.46. The Labute approximate surface area is 140 Å². The van der Waals surface area contributed by atoms with Crippen molar-refractivity contribution in [1.29, 1.82) is 5.26 Å². The summed E-state index contributed by atoms with van der Waals surface area (Å²) in [7, 11) is 1.59. The average molecular weight is 329 g/mol. The number of hydrogen-bond acceptors (Lipinski definition) is 4. The van der Waals surface area contributed by atoms with Gasteiger partial charge in [-0.2, -0.15) is 5.26 Å². The first-order valence-corrected chi connectivity index (χ1v) is 7.98. The van der Waals surface area contributed by atoms with Gasteiger partial charge in [-0.1, -0.05) is 18.0 Å². The van der Waals surface area contributed by atoms with Crippen LogP contribution in [-0.2, 0) is 13.0 Å². The molecule has 0 atom stereocenters.